The molecule has 3 atom stereocenters. The van der Waals surface area contributed by atoms with Crippen LogP contribution in [0.15, 0.2) is 89.9 Å². The fraction of sp³-hybridized carbons (Fsp3) is 0.344. The second kappa shape index (κ2) is 14.0. The second-order valence-corrected chi connectivity index (χ2v) is 11.0. The van der Waals surface area contributed by atoms with E-state index in [2.05, 4.69) is 10.3 Å². The predicted molar refractivity (Wildman–Crippen MR) is 155 cm³/mol. The van der Waals surface area contributed by atoms with Gasteiger partial charge in [-0.3, -0.25) is 14.7 Å². The Morgan fingerprint density at radius 3 is 1.98 bits per heavy atom. The van der Waals surface area contributed by atoms with Crippen LogP contribution in [0, 0.1) is 0 Å². The van der Waals surface area contributed by atoms with Crippen LogP contribution in [0.2, 0.25) is 0 Å². The lowest BCUT2D eigenvalue weighted by Gasteiger charge is -2.36. The number of aliphatic imine (C=N–C) groups is 1. The minimum atomic E-state index is -7.37. The molecule has 3 N–H and O–H groups in total. The van der Waals surface area contributed by atoms with E-state index >= 15 is 0 Å². The quantitative estimate of drug-likeness (QED) is 0.151. The minimum Gasteiger partial charge on any atom is -0.480 e. The van der Waals surface area contributed by atoms with E-state index < -0.39 is 59.7 Å². The number of carboxylic acids is 1. The van der Waals surface area contributed by atoms with Crippen LogP contribution in [-0.4, -0.2) is 81.4 Å². The van der Waals surface area contributed by atoms with E-state index in [0.29, 0.717) is 25.9 Å². The molecule has 258 valence electrons. The summed E-state index contributed by atoms with van der Waals surface area (Å²) < 4.78 is 123. The number of aliphatic hydroxyl groups excluding tert-OH is 1. The van der Waals surface area contributed by atoms with Gasteiger partial charge in [0.15, 0.2) is 12.1 Å². The molecule has 1 aliphatic heterocycles. The first-order valence-electron chi connectivity index (χ1n) is 14.3. The Bertz CT molecular complexity index is 1620. The van der Waals surface area contributed by atoms with Crippen molar-refractivity contribution >= 4 is 23.3 Å². The highest BCUT2D eigenvalue weighted by atomic mass is 19.4. The number of amides is 1. The highest BCUT2D eigenvalue weighted by Gasteiger charge is 2.83. The van der Waals surface area contributed by atoms with Gasteiger partial charge in [0.1, 0.15) is 0 Å². The van der Waals surface area contributed by atoms with E-state index in [1.807, 2.05) is 35.2 Å². The zero-order valence-corrected chi connectivity index (χ0v) is 24.7. The molecule has 1 amide bonds. The summed E-state index contributed by atoms with van der Waals surface area (Å²) >= 11 is 0. The van der Waals surface area contributed by atoms with Crippen LogP contribution in [0.1, 0.15) is 29.5 Å². The third kappa shape index (κ3) is 7.18. The van der Waals surface area contributed by atoms with Crippen LogP contribution in [-0.2, 0) is 16.1 Å². The average molecular weight is 690 g/mol. The van der Waals surface area contributed by atoms with Crippen molar-refractivity contribution in [3.8, 4) is 0 Å². The normalized spacial score (nSPS) is 18.0. The Morgan fingerprint density at radius 2 is 1.40 bits per heavy atom. The zero-order valence-electron chi connectivity index (χ0n) is 24.7. The Kier molecular flexibility index (Phi) is 10.6. The third-order valence-electron chi connectivity index (χ3n) is 7.74. The van der Waals surface area contributed by atoms with Crippen molar-refractivity contribution in [2.24, 2.45) is 4.99 Å². The van der Waals surface area contributed by atoms with Crippen LogP contribution < -0.4 is 5.32 Å². The standard InChI is InChI=1S/C32H28F9N3O4/c33-29(34,30(35,36)31(37,38)32(39,40)41)26(45)25(28(47)48)43-24(20-12-5-2-6-13-20)21-14-7-8-15-22(21)42-27(46)23-16-9-17-44(23)18-19-10-3-1-4-11-19/h1-8,10-15,23,25-26,45H,9,16-18H2,(H,42,46)(H,47,48)/t23-,25+,26+/m0/s1. The van der Waals surface area contributed by atoms with E-state index in [9.17, 15) is 59.3 Å². The molecule has 3 aromatic carbocycles. The summed E-state index contributed by atoms with van der Waals surface area (Å²) in [6.07, 6.45) is -10.4. The Hall–Kier alpha value is -4.44. The van der Waals surface area contributed by atoms with Gasteiger partial charge in [-0.1, -0.05) is 78.9 Å². The number of carbonyl (C=O) groups excluding carboxylic acids is 1. The first kappa shape index (κ1) is 36.4. The van der Waals surface area contributed by atoms with Crippen LogP contribution >= 0.6 is 0 Å². The van der Waals surface area contributed by atoms with Crippen LogP contribution in [0.3, 0.4) is 0 Å². The van der Waals surface area contributed by atoms with Crippen molar-refractivity contribution in [1.29, 1.82) is 0 Å². The minimum absolute atomic E-state index is 0.0593. The summed E-state index contributed by atoms with van der Waals surface area (Å²) in [4.78, 5) is 31.0. The van der Waals surface area contributed by atoms with Gasteiger partial charge in [-0.15, -0.1) is 0 Å². The Labute approximate surface area is 267 Å². The molecule has 0 saturated carbocycles. The summed E-state index contributed by atoms with van der Waals surface area (Å²) in [7, 11) is 0. The molecule has 0 unspecified atom stereocenters. The lowest BCUT2D eigenvalue weighted by molar-refractivity contribution is -0.406. The number of alkyl halides is 9. The molecule has 4 rings (SSSR count). The number of aliphatic hydroxyl groups is 1. The fourth-order valence-electron chi connectivity index (χ4n) is 5.21. The number of hydrogen-bond acceptors (Lipinski definition) is 5. The number of likely N-dealkylation sites (tertiary alicyclic amines) is 1. The molecule has 16 heteroatoms. The molecule has 0 radical (unpaired) electrons. The van der Waals surface area contributed by atoms with Crippen LogP contribution in [0.25, 0.3) is 0 Å². The highest BCUT2D eigenvalue weighted by molar-refractivity contribution is 6.17. The van der Waals surface area contributed by atoms with Crippen LogP contribution in [0.4, 0.5) is 45.2 Å². The number of nitrogens with one attached hydrogen (secondary N) is 1. The van der Waals surface area contributed by atoms with Crippen molar-refractivity contribution in [2.45, 2.75) is 61.5 Å². The Morgan fingerprint density at radius 1 is 0.833 bits per heavy atom. The Balaban J connectivity index is 1.75. The van der Waals surface area contributed by atoms with Crippen molar-refractivity contribution in [2.75, 3.05) is 11.9 Å². The third-order valence-corrected chi connectivity index (χ3v) is 7.74. The van der Waals surface area contributed by atoms with Gasteiger partial charge in [-0.25, -0.2) is 4.79 Å². The van der Waals surface area contributed by atoms with Crippen molar-refractivity contribution in [3.63, 3.8) is 0 Å². The molecule has 1 aliphatic rings. The molecule has 3 aromatic rings. The highest BCUT2D eigenvalue weighted by Crippen LogP contribution is 2.54. The molecule has 1 fully saturated rings. The van der Waals surface area contributed by atoms with E-state index in [1.165, 1.54) is 54.6 Å². The molecular weight excluding hydrogens is 661 g/mol. The van der Waals surface area contributed by atoms with Gasteiger partial charge in [-0.2, -0.15) is 39.5 Å². The summed E-state index contributed by atoms with van der Waals surface area (Å²) in [5.74, 6) is -24.4. The number of benzene rings is 3. The van der Waals surface area contributed by atoms with Gasteiger partial charge in [-0.05, 0) is 31.0 Å². The molecule has 1 heterocycles. The maximum Gasteiger partial charge on any atom is 0.460 e. The molecule has 0 spiro atoms. The largest absolute Gasteiger partial charge is 0.480 e. The van der Waals surface area contributed by atoms with Crippen LogP contribution in [0.5, 0.6) is 0 Å². The van der Waals surface area contributed by atoms with Gasteiger partial charge >= 0.3 is 29.9 Å². The lowest BCUT2D eigenvalue weighted by atomic mass is 9.93. The predicted octanol–water partition coefficient (Wildman–Crippen LogP) is 6.41. The molecule has 7 nitrogen and oxygen atoms in total. The zero-order chi connectivity index (χ0) is 35.5. The maximum absolute atomic E-state index is 14.7. The smallest absolute Gasteiger partial charge is 0.460 e. The van der Waals surface area contributed by atoms with Crippen molar-refractivity contribution < 1.29 is 59.3 Å². The summed E-state index contributed by atoms with van der Waals surface area (Å²) in [5, 5.41) is 22.5. The number of carbonyl (C=O) groups is 2. The molecule has 1 saturated heterocycles. The summed E-state index contributed by atoms with van der Waals surface area (Å²) in [6, 6.07) is 17.4. The van der Waals surface area contributed by atoms with E-state index in [0.717, 1.165) is 5.56 Å². The molecule has 0 aliphatic carbocycles. The number of hydrogen-bond donors (Lipinski definition) is 3. The van der Waals surface area contributed by atoms with E-state index in [-0.39, 0.29) is 16.8 Å². The molecule has 0 bridgehead atoms. The lowest BCUT2D eigenvalue weighted by Crippen LogP contribution is -2.66. The number of aliphatic carboxylic acids is 1. The summed E-state index contributed by atoms with van der Waals surface area (Å²) in [6.45, 7) is 1.01. The fourth-order valence-corrected chi connectivity index (χ4v) is 5.21. The van der Waals surface area contributed by atoms with Crippen molar-refractivity contribution in [1.82, 2.24) is 4.90 Å². The monoisotopic (exact) mass is 689 g/mol. The topological polar surface area (TPSA) is 102 Å². The molecular formula is C32H28F9N3O4. The van der Waals surface area contributed by atoms with Crippen molar-refractivity contribution in [3.05, 3.63) is 102 Å². The number of rotatable bonds is 12. The number of halogens is 9. The first-order chi connectivity index (χ1) is 22.4. The van der Waals surface area contributed by atoms with Gasteiger partial charge in [0.25, 0.3) is 0 Å². The van der Waals surface area contributed by atoms with E-state index in [1.54, 1.807) is 0 Å². The number of anilines is 1. The van der Waals surface area contributed by atoms with Gasteiger partial charge < -0.3 is 15.5 Å². The SMILES string of the molecule is O=C(O)[C@H](N=C(c1ccccc1)c1ccccc1NC(=O)[C@@H]1CCCN1Cc1ccccc1)[C@@H](O)C(F)(F)C(F)(F)C(F)(F)C(F)(F)F. The average Bonchev–Trinajstić information content (AvgIpc) is 3.50. The van der Waals surface area contributed by atoms with E-state index in [4.69, 9.17) is 0 Å². The first-order valence-corrected chi connectivity index (χ1v) is 14.3. The maximum atomic E-state index is 14.7. The number of nitrogens with zero attached hydrogens (tertiary/aromatic N) is 2. The number of carboxylic acid groups (broad SMARTS) is 1. The van der Waals surface area contributed by atoms with Gasteiger partial charge in [0.05, 0.1) is 17.4 Å². The van der Waals surface area contributed by atoms with Gasteiger partial charge in [0, 0.05) is 17.7 Å². The molecule has 48 heavy (non-hydrogen) atoms. The number of para-hydroxylation sites is 1. The second-order valence-electron chi connectivity index (χ2n) is 11.0. The molecule has 0 aromatic heterocycles. The van der Waals surface area contributed by atoms with Gasteiger partial charge in [0.2, 0.25) is 5.91 Å². The summed E-state index contributed by atoms with van der Waals surface area (Å²) in [5.41, 5.74) is 0.0478.